The molecule has 2 aliphatic rings. The average molecular weight is 204 g/mol. The van der Waals surface area contributed by atoms with Gasteiger partial charge in [-0.3, -0.25) is 5.41 Å². The molecule has 1 saturated carbocycles. The van der Waals surface area contributed by atoms with Crippen LogP contribution in [0.4, 0.5) is 0 Å². The van der Waals surface area contributed by atoms with Gasteiger partial charge in [0.05, 0.1) is 0 Å². The van der Waals surface area contributed by atoms with Gasteiger partial charge in [-0.2, -0.15) is 0 Å². The number of nitrogens with zero attached hydrogens (tertiary/aromatic N) is 1. The first-order valence-electron chi connectivity index (χ1n) is 6.09. The van der Waals surface area contributed by atoms with E-state index in [2.05, 4.69) is 18.0 Å². The Kier molecular flexibility index (Phi) is 3.34. The molecule has 15 heavy (non-hydrogen) atoms. The molecule has 0 spiro atoms. The summed E-state index contributed by atoms with van der Waals surface area (Å²) in [6.45, 7) is 2.19. The second-order valence-electron chi connectivity index (χ2n) is 4.89. The molecule has 1 N–H and O–H groups in total. The number of aliphatic imine (C=N–C) groups is 1. The lowest BCUT2D eigenvalue weighted by Crippen LogP contribution is -2.10. The van der Waals surface area contributed by atoms with E-state index in [0.717, 1.165) is 12.3 Å². The van der Waals surface area contributed by atoms with E-state index in [1.54, 1.807) is 0 Å². The lowest BCUT2D eigenvalue weighted by Gasteiger charge is -2.22. The van der Waals surface area contributed by atoms with Crippen LogP contribution in [-0.2, 0) is 0 Å². The molecule has 0 aromatic rings. The summed E-state index contributed by atoms with van der Waals surface area (Å²) in [5.74, 6) is 1.73. The Morgan fingerprint density at radius 1 is 1.27 bits per heavy atom. The first kappa shape index (κ1) is 10.6. The molecule has 1 aliphatic heterocycles. The fourth-order valence-electron chi connectivity index (χ4n) is 2.62. The van der Waals surface area contributed by atoms with Crippen LogP contribution < -0.4 is 0 Å². The van der Waals surface area contributed by atoms with E-state index in [9.17, 15) is 0 Å². The molecule has 1 aliphatic carbocycles. The lowest BCUT2D eigenvalue weighted by molar-refractivity contribution is 0.410. The summed E-state index contributed by atoms with van der Waals surface area (Å²) >= 11 is 0. The minimum atomic E-state index is 0.483. The molecule has 1 unspecified atom stereocenters. The van der Waals surface area contributed by atoms with E-state index >= 15 is 0 Å². The molecule has 0 aromatic heterocycles. The van der Waals surface area contributed by atoms with Crippen LogP contribution in [0.3, 0.4) is 0 Å². The van der Waals surface area contributed by atoms with Gasteiger partial charge < -0.3 is 0 Å². The van der Waals surface area contributed by atoms with Gasteiger partial charge in [0.25, 0.3) is 0 Å². The smallest absolute Gasteiger partial charge is 0.121 e. The first-order chi connectivity index (χ1) is 7.25. The van der Waals surface area contributed by atoms with Gasteiger partial charge in [-0.05, 0) is 30.3 Å². The van der Waals surface area contributed by atoms with Gasteiger partial charge in [0.2, 0.25) is 0 Å². The molecule has 2 nitrogen and oxygen atoms in total. The van der Waals surface area contributed by atoms with E-state index < -0.39 is 0 Å². The summed E-state index contributed by atoms with van der Waals surface area (Å²) in [7, 11) is 0. The fraction of sp³-hybridized carbons (Fsp3) is 0.692. The molecule has 1 fully saturated rings. The topological polar surface area (TPSA) is 36.2 Å². The maximum atomic E-state index is 7.63. The molecule has 2 rings (SSSR count). The van der Waals surface area contributed by atoms with Crippen molar-refractivity contribution in [3.05, 3.63) is 11.6 Å². The zero-order chi connectivity index (χ0) is 10.7. The molecule has 0 radical (unpaired) electrons. The van der Waals surface area contributed by atoms with Gasteiger partial charge in [0.1, 0.15) is 5.84 Å². The monoisotopic (exact) mass is 204 g/mol. The molecule has 0 amide bonds. The second-order valence-corrected chi connectivity index (χ2v) is 4.89. The van der Waals surface area contributed by atoms with Crippen LogP contribution in [-0.4, -0.2) is 12.1 Å². The molecule has 2 heteroatoms. The third-order valence-electron chi connectivity index (χ3n) is 3.44. The Bertz CT molecular complexity index is 296. The van der Waals surface area contributed by atoms with Crippen molar-refractivity contribution in [3.8, 4) is 0 Å². The van der Waals surface area contributed by atoms with Gasteiger partial charge in [0.15, 0.2) is 0 Å². The highest BCUT2D eigenvalue weighted by molar-refractivity contribution is 5.94. The SMILES string of the molecule is CC1C=C(C2CCCCC2)C=NC(=N)C1. The Morgan fingerprint density at radius 3 is 2.73 bits per heavy atom. The van der Waals surface area contributed by atoms with E-state index in [1.807, 2.05) is 6.21 Å². The van der Waals surface area contributed by atoms with Crippen molar-refractivity contribution in [1.29, 1.82) is 5.41 Å². The van der Waals surface area contributed by atoms with Crippen LogP contribution in [0.2, 0.25) is 0 Å². The predicted molar refractivity (Wildman–Crippen MR) is 64.7 cm³/mol. The molecule has 1 atom stereocenters. The number of allylic oxidation sites excluding steroid dienone is 2. The van der Waals surface area contributed by atoms with E-state index in [1.165, 1.54) is 37.7 Å². The second kappa shape index (κ2) is 4.73. The minimum Gasteiger partial charge on any atom is -0.287 e. The highest BCUT2D eigenvalue weighted by Crippen LogP contribution is 2.30. The van der Waals surface area contributed by atoms with Crippen LogP contribution in [0, 0.1) is 17.2 Å². The predicted octanol–water partition coefficient (Wildman–Crippen LogP) is 3.58. The summed E-state index contributed by atoms with van der Waals surface area (Å²) in [4.78, 5) is 4.22. The van der Waals surface area contributed by atoms with Gasteiger partial charge >= 0.3 is 0 Å². The molecule has 1 heterocycles. The van der Waals surface area contributed by atoms with Crippen molar-refractivity contribution in [2.45, 2.75) is 45.4 Å². The molecule has 0 bridgehead atoms. The van der Waals surface area contributed by atoms with Crippen LogP contribution in [0.15, 0.2) is 16.6 Å². The van der Waals surface area contributed by atoms with Gasteiger partial charge in [-0.1, -0.05) is 32.3 Å². The van der Waals surface area contributed by atoms with Gasteiger partial charge in [-0.15, -0.1) is 0 Å². The lowest BCUT2D eigenvalue weighted by atomic mass is 9.83. The molecule has 0 aromatic carbocycles. The summed E-state index contributed by atoms with van der Waals surface area (Å²) in [6.07, 6.45) is 11.8. The zero-order valence-electron chi connectivity index (χ0n) is 9.50. The van der Waals surface area contributed by atoms with E-state index in [4.69, 9.17) is 5.41 Å². The van der Waals surface area contributed by atoms with Crippen molar-refractivity contribution >= 4 is 12.1 Å². The molecule has 0 saturated heterocycles. The Balaban J connectivity index is 2.11. The molecular formula is C13H20N2. The summed E-state index contributed by atoms with van der Waals surface area (Å²) in [6, 6.07) is 0. The Morgan fingerprint density at radius 2 is 2.00 bits per heavy atom. The number of hydrogen-bond donors (Lipinski definition) is 1. The van der Waals surface area contributed by atoms with Crippen molar-refractivity contribution < 1.29 is 0 Å². The van der Waals surface area contributed by atoms with Crippen LogP contribution >= 0.6 is 0 Å². The zero-order valence-corrected chi connectivity index (χ0v) is 9.50. The average Bonchev–Trinajstić information content (AvgIpc) is 2.41. The minimum absolute atomic E-state index is 0.483. The van der Waals surface area contributed by atoms with Crippen molar-refractivity contribution in [1.82, 2.24) is 0 Å². The summed E-state index contributed by atoms with van der Waals surface area (Å²) in [5.41, 5.74) is 1.39. The van der Waals surface area contributed by atoms with E-state index in [-0.39, 0.29) is 0 Å². The Labute approximate surface area is 92.0 Å². The van der Waals surface area contributed by atoms with Crippen LogP contribution in [0.25, 0.3) is 0 Å². The van der Waals surface area contributed by atoms with Crippen molar-refractivity contribution in [2.24, 2.45) is 16.8 Å². The number of nitrogens with one attached hydrogen (secondary N) is 1. The van der Waals surface area contributed by atoms with Gasteiger partial charge in [0, 0.05) is 12.6 Å². The fourth-order valence-corrected chi connectivity index (χ4v) is 2.62. The first-order valence-corrected chi connectivity index (χ1v) is 6.09. The van der Waals surface area contributed by atoms with E-state index in [0.29, 0.717) is 11.8 Å². The Hall–Kier alpha value is -0.920. The third kappa shape index (κ3) is 2.77. The highest BCUT2D eigenvalue weighted by atomic mass is 14.8. The van der Waals surface area contributed by atoms with Crippen LogP contribution in [0.5, 0.6) is 0 Å². The largest absolute Gasteiger partial charge is 0.287 e. The summed E-state index contributed by atoms with van der Waals surface area (Å²) in [5, 5.41) is 7.63. The maximum absolute atomic E-state index is 7.63. The molecular weight excluding hydrogens is 184 g/mol. The number of hydrogen-bond acceptors (Lipinski definition) is 1. The van der Waals surface area contributed by atoms with Crippen molar-refractivity contribution in [2.75, 3.05) is 0 Å². The van der Waals surface area contributed by atoms with Gasteiger partial charge in [-0.25, -0.2) is 4.99 Å². The highest BCUT2D eigenvalue weighted by Gasteiger charge is 2.19. The third-order valence-corrected chi connectivity index (χ3v) is 3.44. The number of amidine groups is 1. The summed E-state index contributed by atoms with van der Waals surface area (Å²) < 4.78 is 0. The normalized spacial score (nSPS) is 28.7. The maximum Gasteiger partial charge on any atom is 0.121 e. The molecule has 82 valence electrons. The quantitative estimate of drug-likeness (QED) is 0.677. The standard InChI is InChI=1S/C13H20N2/c1-10-7-12(9-15-13(14)8-10)11-5-3-2-4-6-11/h7,9-11,14H,2-6,8H2,1H3. The van der Waals surface area contributed by atoms with Crippen molar-refractivity contribution in [3.63, 3.8) is 0 Å². The number of rotatable bonds is 1. The van der Waals surface area contributed by atoms with Crippen LogP contribution in [0.1, 0.15) is 45.4 Å².